The zero-order valence-corrected chi connectivity index (χ0v) is 14.8. The quantitative estimate of drug-likeness (QED) is 0.679. The van der Waals surface area contributed by atoms with E-state index in [1.165, 1.54) is 12.1 Å². The van der Waals surface area contributed by atoms with Crippen LogP contribution in [0.25, 0.3) is 0 Å². The van der Waals surface area contributed by atoms with Gasteiger partial charge in [0.05, 0.1) is 11.1 Å². The molecule has 4 nitrogen and oxygen atoms in total. The van der Waals surface area contributed by atoms with E-state index in [0.29, 0.717) is 19.6 Å². The normalized spacial score (nSPS) is 11.8. The van der Waals surface area contributed by atoms with Crippen molar-refractivity contribution in [3.8, 4) is 5.75 Å². The van der Waals surface area contributed by atoms with Gasteiger partial charge in [-0.1, -0.05) is 41.9 Å². The third-order valence-electron chi connectivity index (χ3n) is 3.53. The molecule has 0 spiro atoms. The highest BCUT2D eigenvalue weighted by atomic mass is 35.5. The minimum atomic E-state index is -0.452. The van der Waals surface area contributed by atoms with Crippen LogP contribution in [0.5, 0.6) is 5.75 Å². The van der Waals surface area contributed by atoms with Gasteiger partial charge in [0.2, 0.25) is 0 Å². The predicted octanol–water partition coefficient (Wildman–Crippen LogP) is 4.14. The molecule has 0 heterocycles. The second-order valence-electron chi connectivity index (χ2n) is 5.49. The molecule has 134 valence electrons. The van der Waals surface area contributed by atoms with Crippen molar-refractivity contribution in [3.63, 3.8) is 0 Å². The first kappa shape index (κ1) is 19.2. The average molecular weight is 366 g/mol. The zero-order valence-electron chi connectivity index (χ0n) is 14.0. The Morgan fingerprint density at radius 3 is 2.72 bits per heavy atom. The molecule has 2 rings (SSSR count). The van der Waals surface area contributed by atoms with E-state index in [-0.39, 0.29) is 29.4 Å². The number of carbonyl (C=O) groups excluding carboxylic acids is 1. The van der Waals surface area contributed by atoms with Crippen LogP contribution in [0.1, 0.15) is 25.0 Å². The van der Waals surface area contributed by atoms with Gasteiger partial charge in [-0.15, -0.1) is 0 Å². The molecule has 2 aromatic rings. The first-order valence-corrected chi connectivity index (χ1v) is 8.45. The van der Waals surface area contributed by atoms with Crippen LogP contribution in [0.2, 0.25) is 5.02 Å². The van der Waals surface area contributed by atoms with Gasteiger partial charge in [-0.05, 0) is 37.1 Å². The Kier molecular flexibility index (Phi) is 7.70. The molecule has 0 saturated carbocycles. The number of carbonyl (C=O) groups is 1. The van der Waals surface area contributed by atoms with Crippen LogP contribution in [-0.2, 0) is 9.53 Å². The molecule has 6 heteroatoms. The van der Waals surface area contributed by atoms with Crippen LogP contribution < -0.4 is 10.1 Å². The summed E-state index contributed by atoms with van der Waals surface area (Å²) in [5.74, 6) is -0.443. The number of benzene rings is 2. The molecule has 1 atom stereocenters. The summed E-state index contributed by atoms with van der Waals surface area (Å²) in [5.41, 5.74) is 1.12. The number of rotatable bonds is 9. The lowest BCUT2D eigenvalue weighted by Gasteiger charge is -2.13. The van der Waals surface area contributed by atoms with Crippen LogP contribution in [0.4, 0.5) is 4.39 Å². The standard InChI is InChI=1S/C19H21ClFNO3/c1-14(15-6-3-2-4-7-15)24-11-5-10-22-19(23)13-25-18-9-8-16(21)12-17(18)20/h2-4,6-9,12,14H,5,10-11,13H2,1H3,(H,22,23). The fourth-order valence-electron chi connectivity index (χ4n) is 2.17. The Morgan fingerprint density at radius 2 is 2.00 bits per heavy atom. The summed E-state index contributed by atoms with van der Waals surface area (Å²) in [7, 11) is 0. The second-order valence-corrected chi connectivity index (χ2v) is 5.90. The van der Waals surface area contributed by atoms with Crippen molar-refractivity contribution in [2.75, 3.05) is 19.8 Å². The number of hydrogen-bond acceptors (Lipinski definition) is 3. The topological polar surface area (TPSA) is 47.6 Å². The second kappa shape index (κ2) is 10.0. The molecule has 1 unspecified atom stereocenters. The Morgan fingerprint density at radius 1 is 1.24 bits per heavy atom. The summed E-state index contributed by atoms with van der Waals surface area (Å²) >= 11 is 5.83. The largest absolute Gasteiger partial charge is 0.482 e. The Bertz CT molecular complexity index is 682. The molecular weight excluding hydrogens is 345 g/mol. The lowest BCUT2D eigenvalue weighted by Crippen LogP contribution is -2.30. The number of halogens is 2. The highest BCUT2D eigenvalue weighted by Crippen LogP contribution is 2.24. The summed E-state index contributed by atoms with van der Waals surface area (Å²) in [5, 5.41) is 2.87. The number of nitrogens with one attached hydrogen (secondary N) is 1. The molecule has 0 aliphatic rings. The zero-order chi connectivity index (χ0) is 18.1. The van der Waals surface area contributed by atoms with Gasteiger partial charge in [0, 0.05) is 13.2 Å². The van der Waals surface area contributed by atoms with E-state index < -0.39 is 5.82 Å². The molecule has 0 aliphatic carbocycles. The van der Waals surface area contributed by atoms with E-state index in [1.807, 2.05) is 37.3 Å². The van der Waals surface area contributed by atoms with Gasteiger partial charge in [-0.2, -0.15) is 0 Å². The van der Waals surface area contributed by atoms with Gasteiger partial charge in [-0.25, -0.2) is 4.39 Å². The molecular formula is C19H21ClFNO3. The van der Waals surface area contributed by atoms with Crippen LogP contribution in [0.15, 0.2) is 48.5 Å². The van der Waals surface area contributed by atoms with E-state index >= 15 is 0 Å². The van der Waals surface area contributed by atoms with Crippen molar-refractivity contribution in [2.24, 2.45) is 0 Å². The van der Waals surface area contributed by atoms with Crippen LogP contribution in [0, 0.1) is 5.82 Å². The predicted molar refractivity (Wildman–Crippen MR) is 95.3 cm³/mol. The molecule has 0 radical (unpaired) electrons. The van der Waals surface area contributed by atoms with Crippen molar-refractivity contribution < 1.29 is 18.7 Å². The first-order valence-electron chi connectivity index (χ1n) is 8.07. The van der Waals surface area contributed by atoms with Crippen LogP contribution >= 0.6 is 11.6 Å². The lowest BCUT2D eigenvalue weighted by atomic mass is 10.1. The molecule has 1 amide bonds. The molecule has 0 saturated heterocycles. The summed E-state index contributed by atoms with van der Waals surface area (Å²) in [4.78, 5) is 11.7. The van der Waals surface area contributed by atoms with Gasteiger partial charge < -0.3 is 14.8 Å². The van der Waals surface area contributed by atoms with Crippen molar-refractivity contribution in [3.05, 3.63) is 64.9 Å². The van der Waals surface area contributed by atoms with E-state index in [0.717, 1.165) is 11.6 Å². The fraction of sp³-hybridized carbons (Fsp3) is 0.316. The van der Waals surface area contributed by atoms with Crippen molar-refractivity contribution in [2.45, 2.75) is 19.4 Å². The van der Waals surface area contributed by atoms with Gasteiger partial charge >= 0.3 is 0 Å². The van der Waals surface area contributed by atoms with E-state index in [9.17, 15) is 9.18 Å². The minimum Gasteiger partial charge on any atom is -0.482 e. The summed E-state index contributed by atoms with van der Waals surface area (Å²) in [6.45, 7) is 2.85. The minimum absolute atomic E-state index is 0.0147. The molecule has 0 aromatic heterocycles. The number of amides is 1. The molecule has 0 aliphatic heterocycles. The molecule has 0 bridgehead atoms. The highest BCUT2D eigenvalue weighted by molar-refractivity contribution is 6.32. The van der Waals surface area contributed by atoms with Gasteiger partial charge in [0.1, 0.15) is 11.6 Å². The highest BCUT2D eigenvalue weighted by Gasteiger charge is 2.07. The summed E-state index contributed by atoms with van der Waals surface area (Å²) in [6.07, 6.45) is 0.709. The van der Waals surface area contributed by atoms with Gasteiger partial charge in [-0.3, -0.25) is 4.79 Å². The van der Waals surface area contributed by atoms with Crippen LogP contribution in [-0.4, -0.2) is 25.7 Å². The third kappa shape index (κ3) is 6.72. The smallest absolute Gasteiger partial charge is 0.257 e. The first-order chi connectivity index (χ1) is 12.1. The molecule has 1 N–H and O–H groups in total. The number of ether oxygens (including phenoxy) is 2. The van der Waals surface area contributed by atoms with Crippen molar-refractivity contribution >= 4 is 17.5 Å². The summed E-state index contributed by atoms with van der Waals surface area (Å²) < 4.78 is 23.9. The van der Waals surface area contributed by atoms with Crippen LogP contribution in [0.3, 0.4) is 0 Å². The molecule has 25 heavy (non-hydrogen) atoms. The van der Waals surface area contributed by atoms with E-state index in [1.54, 1.807) is 0 Å². The third-order valence-corrected chi connectivity index (χ3v) is 3.83. The average Bonchev–Trinajstić information content (AvgIpc) is 2.61. The Labute approximate surface area is 151 Å². The monoisotopic (exact) mass is 365 g/mol. The number of hydrogen-bond donors (Lipinski definition) is 1. The Hall–Kier alpha value is -2.11. The van der Waals surface area contributed by atoms with Gasteiger partial charge in [0.15, 0.2) is 6.61 Å². The van der Waals surface area contributed by atoms with E-state index in [2.05, 4.69) is 5.32 Å². The molecule has 2 aromatic carbocycles. The maximum atomic E-state index is 12.9. The maximum absolute atomic E-state index is 12.9. The van der Waals surface area contributed by atoms with E-state index in [4.69, 9.17) is 21.1 Å². The fourth-order valence-corrected chi connectivity index (χ4v) is 2.39. The van der Waals surface area contributed by atoms with Gasteiger partial charge in [0.25, 0.3) is 5.91 Å². The maximum Gasteiger partial charge on any atom is 0.257 e. The SMILES string of the molecule is CC(OCCCNC(=O)COc1ccc(F)cc1Cl)c1ccccc1. The summed E-state index contributed by atoms with van der Waals surface area (Å²) in [6, 6.07) is 13.7. The Balaban J connectivity index is 1.59. The van der Waals surface area contributed by atoms with Crippen molar-refractivity contribution in [1.82, 2.24) is 5.32 Å². The molecule has 0 fully saturated rings. The lowest BCUT2D eigenvalue weighted by molar-refractivity contribution is -0.123. The van der Waals surface area contributed by atoms with Crippen molar-refractivity contribution in [1.29, 1.82) is 0 Å².